The van der Waals surface area contributed by atoms with Crippen LogP contribution in [0.4, 0.5) is 4.79 Å². The van der Waals surface area contributed by atoms with Gasteiger partial charge in [0.15, 0.2) is 6.61 Å². The van der Waals surface area contributed by atoms with Gasteiger partial charge in [-0.1, -0.05) is 19.1 Å². The summed E-state index contributed by atoms with van der Waals surface area (Å²) in [4.78, 5) is 40.2. The van der Waals surface area contributed by atoms with Gasteiger partial charge in [-0.3, -0.25) is 14.5 Å². The van der Waals surface area contributed by atoms with Crippen molar-refractivity contribution in [2.75, 3.05) is 19.7 Å². The first-order valence-corrected chi connectivity index (χ1v) is 9.51. The van der Waals surface area contributed by atoms with Crippen molar-refractivity contribution < 1.29 is 19.1 Å². The molecule has 7 nitrogen and oxygen atoms in total. The van der Waals surface area contributed by atoms with E-state index >= 15 is 0 Å². The van der Waals surface area contributed by atoms with Gasteiger partial charge < -0.3 is 15.0 Å². The van der Waals surface area contributed by atoms with Crippen LogP contribution < -0.4 is 10.1 Å². The largest absolute Gasteiger partial charge is 0.484 e. The van der Waals surface area contributed by atoms with Crippen molar-refractivity contribution >= 4 is 17.8 Å². The summed E-state index contributed by atoms with van der Waals surface area (Å²) >= 11 is 0. The molecule has 2 saturated heterocycles. The molecule has 2 fully saturated rings. The summed E-state index contributed by atoms with van der Waals surface area (Å²) in [5.41, 5.74) is 0.350. The molecule has 2 aliphatic rings. The number of urea groups is 1. The van der Waals surface area contributed by atoms with Gasteiger partial charge in [0, 0.05) is 19.1 Å². The molecule has 1 aromatic rings. The smallest absolute Gasteiger partial charge is 0.325 e. The summed E-state index contributed by atoms with van der Waals surface area (Å²) in [5, 5.41) is 2.85. The number of carbonyl (C=O) groups excluding carboxylic acids is 3. The van der Waals surface area contributed by atoms with E-state index in [0.717, 1.165) is 6.42 Å². The molecule has 0 saturated carbocycles. The summed E-state index contributed by atoms with van der Waals surface area (Å²) in [6, 6.07) is 7.19. The maximum atomic E-state index is 12.7. The van der Waals surface area contributed by atoms with Crippen molar-refractivity contribution in [3.8, 4) is 5.75 Å². The normalized spacial score (nSPS) is 19.0. The molecule has 0 atom stereocenters. The molecule has 4 amide bonds. The van der Waals surface area contributed by atoms with Crippen molar-refractivity contribution in [2.45, 2.75) is 51.6 Å². The van der Waals surface area contributed by atoms with Crippen LogP contribution in [0, 0.1) is 0 Å². The fourth-order valence-corrected chi connectivity index (χ4v) is 3.64. The molecular weight excluding hydrogens is 346 g/mol. The molecular formula is C20H27N3O4. The van der Waals surface area contributed by atoms with E-state index in [0.29, 0.717) is 31.7 Å². The number of amides is 4. The highest BCUT2D eigenvalue weighted by atomic mass is 16.5. The van der Waals surface area contributed by atoms with Gasteiger partial charge in [0.25, 0.3) is 11.8 Å². The Labute approximate surface area is 159 Å². The number of likely N-dealkylation sites (tertiary alicyclic amines) is 1. The Hall–Kier alpha value is -2.57. The molecule has 1 N–H and O–H groups in total. The monoisotopic (exact) mass is 373 g/mol. The number of ether oxygens (including phenoxy) is 1. The fraction of sp³-hybridized carbons (Fsp3) is 0.550. The Kier molecular flexibility index (Phi) is 5.39. The summed E-state index contributed by atoms with van der Waals surface area (Å²) < 4.78 is 5.59. The van der Waals surface area contributed by atoms with Gasteiger partial charge in [-0.05, 0) is 50.8 Å². The lowest BCUT2D eigenvalue weighted by atomic mass is 9.87. The zero-order valence-corrected chi connectivity index (χ0v) is 16.2. The third-order valence-electron chi connectivity index (χ3n) is 5.37. The van der Waals surface area contributed by atoms with E-state index in [4.69, 9.17) is 4.74 Å². The Morgan fingerprint density at radius 3 is 2.33 bits per heavy atom. The average Bonchev–Trinajstić information content (AvgIpc) is 2.90. The molecule has 1 aromatic carbocycles. The Morgan fingerprint density at radius 2 is 1.81 bits per heavy atom. The van der Waals surface area contributed by atoms with Crippen LogP contribution in [0.3, 0.4) is 0 Å². The van der Waals surface area contributed by atoms with Crippen LogP contribution in [-0.4, -0.2) is 58.9 Å². The van der Waals surface area contributed by atoms with E-state index in [1.54, 1.807) is 4.90 Å². The Balaban J connectivity index is 1.53. The SMILES string of the molecule is CCc1ccc(OCC(=O)N2CCC3(CC2)NC(=O)N(C(C)C)C3=O)cc1. The predicted molar refractivity (Wildman–Crippen MR) is 100 cm³/mol. The molecule has 0 radical (unpaired) electrons. The molecule has 0 aromatic heterocycles. The molecule has 2 heterocycles. The number of rotatable bonds is 5. The van der Waals surface area contributed by atoms with Gasteiger partial charge in [0.05, 0.1) is 0 Å². The summed E-state index contributed by atoms with van der Waals surface area (Å²) in [5.74, 6) is 0.378. The van der Waals surface area contributed by atoms with Gasteiger partial charge >= 0.3 is 6.03 Å². The van der Waals surface area contributed by atoms with Gasteiger partial charge in [-0.25, -0.2) is 4.79 Å². The quantitative estimate of drug-likeness (QED) is 0.800. The highest BCUT2D eigenvalue weighted by Gasteiger charge is 2.53. The van der Waals surface area contributed by atoms with Gasteiger partial charge in [0.1, 0.15) is 11.3 Å². The Morgan fingerprint density at radius 1 is 1.19 bits per heavy atom. The number of nitrogens with one attached hydrogen (secondary N) is 1. The van der Waals surface area contributed by atoms with E-state index < -0.39 is 5.54 Å². The topological polar surface area (TPSA) is 79.0 Å². The minimum absolute atomic E-state index is 0.0309. The molecule has 27 heavy (non-hydrogen) atoms. The number of hydrogen-bond acceptors (Lipinski definition) is 4. The molecule has 146 valence electrons. The maximum absolute atomic E-state index is 12.7. The molecule has 3 rings (SSSR count). The number of hydrogen-bond donors (Lipinski definition) is 1. The van der Waals surface area contributed by atoms with Crippen molar-refractivity contribution in [2.24, 2.45) is 0 Å². The first-order chi connectivity index (χ1) is 12.9. The van der Waals surface area contributed by atoms with Crippen molar-refractivity contribution in [3.63, 3.8) is 0 Å². The van der Waals surface area contributed by atoms with E-state index in [1.807, 2.05) is 38.1 Å². The van der Waals surface area contributed by atoms with Gasteiger partial charge in [-0.2, -0.15) is 0 Å². The minimum Gasteiger partial charge on any atom is -0.484 e. The van der Waals surface area contributed by atoms with Crippen molar-refractivity contribution in [3.05, 3.63) is 29.8 Å². The van der Waals surface area contributed by atoms with Crippen molar-refractivity contribution in [1.82, 2.24) is 15.1 Å². The summed E-state index contributed by atoms with van der Waals surface area (Å²) in [6.07, 6.45) is 1.81. The molecule has 1 spiro atoms. The van der Waals surface area contributed by atoms with E-state index in [1.165, 1.54) is 10.5 Å². The lowest BCUT2D eigenvalue weighted by molar-refractivity contribution is -0.140. The number of benzene rings is 1. The number of nitrogens with zero attached hydrogens (tertiary/aromatic N) is 2. The van der Waals surface area contributed by atoms with Crippen LogP contribution in [0.25, 0.3) is 0 Å². The van der Waals surface area contributed by atoms with Crippen LogP contribution in [0.5, 0.6) is 5.75 Å². The number of aryl methyl sites for hydroxylation is 1. The van der Waals surface area contributed by atoms with Crippen LogP contribution in [0.2, 0.25) is 0 Å². The standard InChI is InChI=1S/C20H27N3O4/c1-4-15-5-7-16(8-6-15)27-13-17(24)22-11-9-20(10-12-22)18(25)23(14(2)3)19(26)21-20/h5-8,14H,4,9-13H2,1-3H3,(H,21,26). The summed E-state index contributed by atoms with van der Waals surface area (Å²) in [6.45, 7) is 6.54. The Bertz CT molecular complexity index is 721. The van der Waals surface area contributed by atoms with Gasteiger partial charge in [0.2, 0.25) is 0 Å². The minimum atomic E-state index is -0.866. The van der Waals surface area contributed by atoms with Crippen LogP contribution >= 0.6 is 0 Å². The van der Waals surface area contributed by atoms with E-state index in [-0.39, 0.29) is 30.5 Å². The number of carbonyl (C=O) groups is 3. The molecule has 7 heteroatoms. The van der Waals surface area contributed by atoms with Crippen LogP contribution in [0.1, 0.15) is 39.2 Å². The zero-order valence-electron chi connectivity index (χ0n) is 16.2. The predicted octanol–water partition coefficient (Wildman–Crippen LogP) is 1.95. The zero-order chi connectivity index (χ0) is 19.6. The molecule has 0 aliphatic carbocycles. The molecule has 0 unspecified atom stereocenters. The number of imide groups is 1. The van der Waals surface area contributed by atoms with E-state index in [2.05, 4.69) is 12.2 Å². The molecule has 0 bridgehead atoms. The van der Waals surface area contributed by atoms with Crippen molar-refractivity contribution in [1.29, 1.82) is 0 Å². The first-order valence-electron chi connectivity index (χ1n) is 9.51. The lowest BCUT2D eigenvalue weighted by Gasteiger charge is -2.37. The summed E-state index contributed by atoms with van der Waals surface area (Å²) in [7, 11) is 0. The maximum Gasteiger partial charge on any atom is 0.325 e. The highest BCUT2D eigenvalue weighted by Crippen LogP contribution is 2.30. The fourth-order valence-electron chi connectivity index (χ4n) is 3.64. The third kappa shape index (κ3) is 3.77. The second-order valence-corrected chi connectivity index (χ2v) is 7.45. The second kappa shape index (κ2) is 7.58. The first kappa shape index (κ1) is 19.2. The highest BCUT2D eigenvalue weighted by molar-refractivity contribution is 6.07. The van der Waals surface area contributed by atoms with Crippen LogP contribution in [-0.2, 0) is 16.0 Å². The third-order valence-corrected chi connectivity index (χ3v) is 5.37. The number of piperidine rings is 1. The van der Waals surface area contributed by atoms with Gasteiger partial charge in [-0.15, -0.1) is 0 Å². The molecule has 2 aliphatic heterocycles. The lowest BCUT2D eigenvalue weighted by Crippen LogP contribution is -2.56. The second-order valence-electron chi connectivity index (χ2n) is 7.45. The van der Waals surface area contributed by atoms with E-state index in [9.17, 15) is 14.4 Å². The van der Waals surface area contributed by atoms with Crippen LogP contribution in [0.15, 0.2) is 24.3 Å². The average molecular weight is 373 g/mol.